The number of carbonyl (C=O) groups excluding carboxylic acids is 1. The number of benzene rings is 4. The van der Waals surface area contributed by atoms with Gasteiger partial charge in [0, 0.05) is 35.7 Å². The lowest BCUT2D eigenvalue weighted by molar-refractivity contribution is 0.102. The summed E-state index contributed by atoms with van der Waals surface area (Å²) in [6.45, 7) is 3.73. The molecule has 6 nitrogen and oxygen atoms in total. The molecule has 1 aliphatic rings. The van der Waals surface area contributed by atoms with Gasteiger partial charge in [0.2, 0.25) is 0 Å². The molecule has 4 aromatic carbocycles. The van der Waals surface area contributed by atoms with E-state index in [4.69, 9.17) is 0 Å². The molecule has 0 saturated carbocycles. The van der Waals surface area contributed by atoms with Crippen LogP contribution in [0.15, 0.2) is 102 Å². The number of aryl methyl sites for hydroxylation is 1. The third kappa shape index (κ3) is 5.26. The third-order valence-electron chi connectivity index (χ3n) is 6.30. The second kappa shape index (κ2) is 9.87. The number of hydrogen-bond donors (Lipinski definition) is 2. The Balaban J connectivity index is 1.20. The van der Waals surface area contributed by atoms with Gasteiger partial charge in [0.1, 0.15) is 0 Å². The van der Waals surface area contributed by atoms with E-state index in [1.54, 1.807) is 24.3 Å². The van der Waals surface area contributed by atoms with Crippen LogP contribution in [0.1, 0.15) is 27.0 Å². The van der Waals surface area contributed by atoms with Crippen molar-refractivity contribution in [3.8, 4) is 0 Å². The number of nitrogens with zero attached hydrogens (tertiary/aromatic N) is 1. The molecule has 0 aromatic heterocycles. The van der Waals surface area contributed by atoms with Crippen LogP contribution in [-0.4, -0.2) is 20.9 Å². The molecular weight excluding hydrogens is 470 g/mol. The summed E-state index contributed by atoms with van der Waals surface area (Å²) in [7, 11) is -3.72. The van der Waals surface area contributed by atoms with Crippen LogP contribution >= 0.6 is 0 Å². The lowest BCUT2D eigenvalue weighted by Gasteiger charge is -2.19. The van der Waals surface area contributed by atoms with Crippen molar-refractivity contribution in [2.75, 3.05) is 21.5 Å². The van der Waals surface area contributed by atoms with Crippen molar-refractivity contribution in [2.45, 2.75) is 24.8 Å². The Kier molecular flexibility index (Phi) is 6.48. The van der Waals surface area contributed by atoms with Gasteiger partial charge in [-0.05, 0) is 79.1 Å². The maximum absolute atomic E-state index is 12.7. The molecule has 0 fully saturated rings. The highest BCUT2D eigenvalue weighted by Gasteiger charge is 2.18. The molecule has 0 bridgehead atoms. The molecule has 1 aliphatic heterocycles. The lowest BCUT2D eigenvalue weighted by Crippen LogP contribution is -2.19. The molecule has 0 unspecified atom stereocenters. The van der Waals surface area contributed by atoms with Crippen molar-refractivity contribution in [3.05, 3.63) is 119 Å². The molecule has 0 radical (unpaired) electrons. The fourth-order valence-corrected chi connectivity index (χ4v) is 5.37. The predicted octanol–water partition coefficient (Wildman–Crippen LogP) is 5.61. The normalized spacial score (nSPS) is 12.8. The van der Waals surface area contributed by atoms with E-state index in [1.165, 1.54) is 23.4 Å². The fraction of sp³-hybridized carbons (Fsp3) is 0.138. The maximum atomic E-state index is 12.7. The standard InChI is InChI=1S/C29H27N3O3S/c1-21-6-12-26(13-7-21)31-36(34,35)27-16-14-25(15-17-27)30-29(33)24-10-8-22(9-11-24)20-32-19-18-23-4-2-3-5-28(23)32/h2-17,31H,18-20H2,1H3,(H,30,33). The lowest BCUT2D eigenvalue weighted by atomic mass is 10.1. The minimum absolute atomic E-state index is 0.119. The monoisotopic (exact) mass is 497 g/mol. The van der Waals surface area contributed by atoms with Crippen LogP contribution < -0.4 is 14.9 Å². The molecule has 7 heteroatoms. The molecule has 0 spiro atoms. The quantitative estimate of drug-likeness (QED) is 0.348. The van der Waals surface area contributed by atoms with Gasteiger partial charge in [-0.15, -0.1) is 0 Å². The Labute approximate surface area is 211 Å². The van der Waals surface area contributed by atoms with Gasteiger partial charge < -0.3 is 10.2 Å². The number of para-hydroxylation sites is 1. The van der Waals surface area contributed by atoms with Crippen LogP contribution in [0, 0.1) is 6.92 Å². The van der Waals surface area contributed by atoms with E-state index < -0.39 is 10.0 Å². The highest BCUT2D eigenvalue weighted by atomic mass is 32.2. The Bertz CT molecular complexity index is 1480. The van der Waals surface area contributed by atoms with Crippen molar-refractivity contribution >= 4 is 33.0 Å². The molecule has 1 heterocycles. The highest BCUT2D eigenvalue weighted by molar-refractivity contribution is 7.92. The highest BCUT2D eigenvalue weighted by Crippen LogP contribution is 2.29. The summed E-state index contributed by atoms with van der Waals surface area (Å²) >= 11 is 0. The largest absolute Gasteiger partial charge is 0.367 e. The first-order valence-corrected chi connectivity index (χ1v) is 13.3. The fourth-order valence-electron chi connectivity index (χ4n) is 4.31. The Morgan fingerprint density at radius 3 is 2.22 bits per heavy atom. The van der Waals surface area contributed by atoms with E-state index in [0.717, 1.165) is 30.6 Å². The number of carbonyl (C=O) groups is 1. The van der Waals surface area contributed by atoms with Crippen molar-refractivity contribution in [1.29, 1.82) is 0 Å². The molecule has 2 N–H and O–H groups in total. The summed E-state index contributed by atoms with van der Waals surface area (Å²) in [6, 6.07) is 29.3. The van der Waals surface area contributed by atoms with Crippen LogP contribution in [0.3, 0.4) is 0 Å². The second-order valence-corrected chi connectivity index (χ2v) is 10.6. The molecule has 0 saturated heterocycles. The summed E-state index contributed by atoms with van der Waals surface area (Å²) in [5, 5.41) is 2.83. The zero-order valence-corrected chi connectivity index (χ0v) is 20.8. The Morgan fingerprint density at radius 2 is 1.50 bits per heavy atom. The molecule has 36 heavy (non-hydrogen) atoms. The number of sulfonamides is 1. The van der Waals surface area contributed by atoms with Gasteiger partial charge in [0.25, 0.3) is 15.9 Å². The average molecular weight is 498 g/mol. The van der Waals surface area contributed by atoms with E-state index in [1.807, 2.05) is 43.3 Å². The van der Waals surface area contributed by atoms with Gasteiger partial charge in [-0.3, -0.25) is 9.52 Å². The summed E-state index contributed by atoms with van der Waals surface area (Å²) < 4.78 is 27.9. The van der Waals surface area contributed by atoms with Crippen molar-refractivity contribution < 1.29 is 13.2 Å². The molecule has 0 aliphatic carbocycles. The number of rotatable bonds is 7. The number of amides is 1. The first-order chi connectivity index (χ1) is 17.4. The van der Waals surface area contributed by atoms with Gasteiger partial charge in [0.05, 0.1) is 4.90 Å². The van der Waals surface area contributed by atoms with E-state index >= 15 is 0 Å². The zero-order chi connectivity index (χ0) is 25.1. The third-order valence-corrected chi connectivity index (χ3v) is 7.70. The van der Waals surface area contributed by atoms with Gasteiger partial charge in [-0.1, -0.05) is 48.0 Å². The molecule has 4 aromatic rings. The summed E-state index contributed by atoms with van der Waals surface area (Å²) in [6.07, 6.45) is 1.05. The SMILES string of the molecule is Cc1ccc(NS(=O)(=O)c2ccc(NC(=O)c3ccc(CN4CCc5ccccc54)cc3)cc2)cc1. The van der Waals surface area contributed by atoms with E-state index in [2.05, 4.69) is 39.2 Å². The minimum Gasteiger partial charge on any atom is -0.367 e. The average Bonchev–Trinajstić information content (AvgIpc) is 3.29. The maximum Gasteiger partial charge on any atom is 0.261 e. The number of hydrogen-bond acceptors (Lipinski definition) is 4. The van der Waals surface area contributed by atoms with Gasteiger partial charge in [-0.25, -0.2) is 8.42 Å². The van der Waals surface area contributed by atoms with Gasteiger partial charge in [-0.2, -0.15) is 0 Å². The van der Waals surface area contributed by atoms with Gasteiger partial charge >= 0.3 is 0 Å². The molecular formula is C29H27N3O3S. The van der Waals surface area contributed by atoms with Crippen LogP contribution in [0.2, 0.25) is 0 Å². The van der Waals surface area contributed by atoms with E-state index in [0.29, 0.717) is 16.9 Å². The van der Waals surface area contributed by atoms with E-state index in [9.17, 15) is 13.2 Å². The summed E-state index contributed by atoms with van der Waals surface area (Å²) in [5.74, 6) is -0.249. The van der Waals surface area contributed by atoms with Crippen LogP contribution in [-0.2, 0) is 23.0 Å². The number of fused-ring (bicyclic) bond motifs is 1. The first-order valence-electron chi connectivity index (χ1n) is 11.8. The smallest absolute Gasteiger partial charge is 0.261 e. The number of anilines is 3. The first kappa shape index (κ1) is 23.6. The summed E-state index contributed by atoms with van der Waals surface area (Å²) in [4.78, 5) is 15.2. The summed E-state index contributed by atoms with van der Waals surface area (Å²) in [5.41, 5.74) is 6.39. The van der Waals surface area contributed by atoms with E-state index in [-0.39, 0.29) is 10.8 Å². The number of nitrogens with one attached hydrogen (secondary N) is 2. The van der Waals surface area contributed by atoms with Crippen molar-refractivity contribution in [3.63, 3.8) is 0 Å². The molecule has 1 amide bonds. The van der Waals surface area contributed by atoms with Crippen LogP contribution in [0.25, 0.3) is 0 Å². The molecule has 5 rings (SSSR count). The van der Waals surface area contributed by atoms with Gasteiger partial charge in [0.15, 0.2) is 0 Å². The van der Waals surface area contributed by atoms with Crippen molar-refractivity contribution in [2.24, 2.45) is 0 Å². The second-order valence-electron chi connectivity index (χ2n) is 8.95. The molecule has 182 valence electrons. The molecule has 0 atom stereocenters. The zero-order valence-electron chi connectivity index (χ0n) is 19.9. The van der Waals surface area contributed by atoms with Crippen LogP contribution in [0.4, 0.5) is 17.1 Å². The Hall–Kier alpha value is -4.10. The Morgan fingerprint density at radius 1 is 0.833 bits per heavy atom. The van der Waals surface area contributed by atoms with Crippen LogP contribution in [0.5, 0.6) is 0 Å². The predicted molar refractivity (Wildman–Crippen MR) is 144 cm³/mol. The topological polar surface area (TPSA) is 78.5 Å². The minimum atomic E-state index is -3.72. The van der Waals surface area contributed by atoms with Crippen molar-refractivity contribution in [1.82, 2.24) is 0 Å².